The molecule has 0 unspecified atom stereocenters. The molecular formula is C21H23NO3. The van der Waals surface area contributed by atoms with Crippen LogP contribution in [-0.4, -0.2) is 36.6 Å². The lowest BCUT2D eigenvalue weighted by Crippen LogP contribution is -2.31. The van der Waals surface area contributed by atoms with Crippen molar-refractivity contribution in [3.05, 3.63) is 63.5 Å². The van der Waals surface area contributed by atoms with E-state index >= 15 is 0 Å². The highest BCUT2D eigenvalue weighted by Crippen LogP contribution is 2.17. The molecule has 0 fully saturated rings. The van der Waals surface area contributed by atoms with Gasteiger partial charge in [-0.1, -0.05) is 36.4 Å². The van der Waals surface area contributed by atoms with E-state index in [-0.39, 0.29) is 6.42 Å². The Balaban J connectivity index is 2.19. The zero-order chi connectivity index (χ0) is 17.8. The lowest BCUT2D eigenvalue weighted by atomic mass is 10.0. The van der Waals surface area contributed by atoms with E-state index in [4.69, 9.17) is 4.74 Å². The summed E-state index contributed by atoms with van der Waals surface area (Å²) in [7, 11) is 4.06. The maximum absolute atomic E-state index is 11.3. The van der Waals surface area contributed by atoms with Crippen LogP contribution in [0.25, 0.3) is 12.2 Å². The number of hydrogen-bond donors (Lipinski definition) is 1. The monoisotopic (exact) mass is 337 g/mol. The average molecular weight is 337 g/mol. The van der Waals surface area contributed by atoms with Gasteiger partial charge in [-0.25, -0.2) is 0 Å². The quantitative estimate of drug-likeness (QED) is 0.903. The normalized spacial score (nSPS) is 13.5. The summed E-state index contributed by atoms with van der Waals surface area (Å²) >= 11 is 0. The first-order valence-electron chi connectivity index (χ1n) is 8.45. The fourth-order valence-electron chi connectivity index (χ4n) is 3.08. The minimum absolute atomic E-state index is 0.0105. The molecule has 1 heterocycles. The van der Waals surface area contributed by atoms with Crippen molar-refractivity contribution in [2.24, 2.45) is 0 Å². The molecular weight excluding hydrogens is 314 g/mol. The van der Waals surface area contributed by atoms with Gasteiger partial charge in [0.1, 0.15) is 12.4 Å². The molecule has 1 N–H and O–H groups in total. The molecule has 4 heteroatoms. The van der Waals surface area contributed by atoms with Crippen LogP contribution in [0, 0.1) is 0 Å². The number of carboxylic acid groups (broad SMARTS) is 1. The molecule has 130 valence electrons. The van der Waals surface area contributed by atoms with Crippen LogP contribution >= 0.6 is 0 Å². The standard InChI is InChI=1S/C21H23NO3/c1-22(2)11-5-8-18-16(13-21(23)24)9-10-20-19(18)12-15-6-3-4-7-17(15)14-25-20/h3-4,6-10,12H,5,11,13-14H2,1-2H3,(H,23,24)/b18-8+. The molecule has 2 aromatic carbocycles. The van der Waals surface area contributed by atoms with E-state index in [2.05, 4.69) is 29.2 Å². The Labute approximate surface area is 147 Å². The molecule has 4 nitrogen and oxygen atoms in total. The maximum atomic E-state index is 11.3. The van der Waals surface area contributed by atoms with Crippen LogP contribution in [0.4, 0.5) is 0 Å². The lowest BCUT2D eigenvalue weighted by Gasteiger charge is -2.09. The molecule has 0 atom stereocenters. The topological polar surface area (TPSA) is 49.8 Å². The highest BCUT2D eigenvalue weighted by atomic mass is 16.5. The molecule has 3 rings (SSSR count). The van der Waals surface area contributed by atoms with Crippen LogP contribution in [0.15, 0.2) is 36.4 Å². The largest absolute Gasteiger partial charge is 0.488 e. The second-order valence-corrected chi connectivity index (χ2v) is 6.55. The van der Waals surface area contributed by atoms with Gasteiger partial charge in [-0.05, 0) is 54.6 Å². The maximum Gasteiger partial charge on any atom is 0.307 e. The predicted octanol–water partition coefficient (Wildman–Crippen LogP) is 1.77. The highest BCUT2D eigenvalue weighted by Gasteiger charge is 2.12. The van der Waals surface area contributed by atoms with Gasteiger partial charge >= 0.3 is 5.97 Å². The van der Waals surface area contributed by atoms with Crippen molar-refractivity contribution in [1.29, 1.82) is 0 Å². The van der Waals surface area contributed by atoms with E-state index in [1.165, 1.54) is 0 Å². The summed E-state index contributed by atoms with van der Waals surface area (Å²) in [6.07, 6.45) is 5.11. The third kappa shape index (κ3) is 4.09. The molecule has 1 aliphatic rings. The minimum Gasteiger partial charge on any atom is -0.488 e. The number of hydrogen-bond acceptors (Lipinski definition) is 3. The predicted molar refractivity (Wildman–Crippen MR) is 99.0 cm³/mol. The SMILES string of the molecule is CN(C)CC/C=c1\c(CC(=O)O)ccc2c1=Cc1ccccc1CO2. The van der Waals surface area contributed by atoms with Crippen molar-refractivity contribution < 1.29 is 14.6 Å². The van der Waals surface area contributed by atoms with Crippen LogP contribution in [0.1, 0.15) is 23.1 Å². The summed E-state index contributed by atoms with van der Waals surface area (Å²) in [6, 6.07) is 11.9. The van der Waals surface area contributed by atoms with Gasteiger partial charge in [-0.15, -0.1) is 0 Å². The van der Waals surface area contributed by atoms with E-state index < -0.39 is 5.97 Å². The van der Waals surface area contributed by atoms with Gasteiger partial charge in [0.2, 0.25) is 0 Å². The first-order chi connectivity index (χ1) is 12.0. The molecule has 0 radical (unpaired) electrons. The Morgan fingerprint density at radius 3 is 2.80 bits per heavy atom. The van der Waals surface area contributed by atoms with Crippen molar-refractivity contribution in [2.45, 2.75) is 19.4 Å². The number of carbonyl (C=O) groups is 1. The fourth-order valence-corrected chi connectivity index (χ4v) is 3.08. The van der Waals surface area contributed by atoms with E-state index in [0.29, 0.717) is 6.61 Å². The van der Waals surface area contributed by atoms with Gasteiger partial charge in [0.25, 0.3) is 0 Å². The van der Waals surface area contributed by atoms with Crippen molar-refractivity contribution in [3.8, 4) is 5.75 Å². The summed E-state index contributed by atoms with van der Waals surface area (Å²) in [5.74, 6) is -0.0152. The van der Waals surface area contributed by atoms with Crippen molar-refractivity contribution in [1.82, 2.24) is 4.90 Å². The van der Waals surface area contributed by atoms with Gasteiger partial charge < -0.3 is 14.7 Å². The van der Waals surface area contributed by atoms with Gasteiger partial charge in [0.05, 0.1) is 6.42 Å². The summed E-state index contributed by atoms with van der Waals surface area (Å²) in [4.78, 5) is 13.4. The van der Waals surface area contributed by atoms with Crippen LogP contribution in [-0.2, 0) is 17.8 Å². The van der Waals surface area contributed by atoms with Crippen LogP contribution < -0.4 is 15.2 Å². The minimum atomic E-state index is -0.822. The van der Waals surface area contributed by atoms with Gasteiger partial charge in [0.15, 0.2) is 0 Å². The molecule has 2 aromatic rings. The van der Waals surface area contributed by atoms with Gasteiger partial charge in [-0.2, -0.15) is 0 Å². The molecule has 1 aliphatic heterocycles. The van der Waals surface area contributed by atoms with E-state index in [0.717, 1.165) is 45.8 Å². The van der Waals surface area contributed by atoms with Gasteiger partial charge in [-0.3, -0.25) is 4.79 Å². The molecule has 0 saturated carbocycles. The first kappa shape index (κ1) is 17.2. The molecule has 0 saturated heterocycles. The van der Waals surface area contributed by atoms with Gasteiger partial charge in [0, 0.05) is 11.8 Å². The Hall–Kier alpha value is -2.59. The van der Waals surface area contributed by atoms with E-state index in [1.54, 1.807) is 0 Å². The Morgan fingerprint density at radius 2 is 2.04 bits per heavy atom. The smallest absolute Gasteiger partial charge is 0.307 e. The molecule has 0 spiro atoms. The molecule has 0 amide bonds. The number of aliphatic carboxylic acids is 1. The summed E-state index contributed by atoms with van der Waals surface area (Å²) < 4.78 is 5.99. The second kappa shape index (κ2) is 7.53. The highest BCUT2D eigenvalue weighted by molar-refractivity contribution is 5.71. The number of nitrogens with zero attached hydrogens (tertiary/aromatic N) is 1. The second-order valence-electron chi connectivity index (χ2n) is 6.55. The number of rotatable bonds is 5. The lowest BCUT2D eigenvalue weighted by molar-refractivity contribution is -0.136. The van der Waals surface area contributed by atoms with Crippen LogP contribution in [0.3, 0.4) is 0 Å². The zero-order valence-electron chi connectivity index (χ0n) is 14.7. The summed E-state index contributed by atoms with van der Waals surface area (Å²) in [5.41, 5.74) is 3.08. The van der Waals surface area contributed by atoms with Crippen molar-refractivity contribution in [3.63, 3.8) is 0 Å². The van der Waals surface area contributed by atoms with E-state index in [9.17, 15) is 9.90 Å². The molecule has 0 bridgehead atoms. The first-order valence-corrected chi connectivity index (χ1v) is 8.45. The Bertz CT molecular complexity index is 900. The summed E-state index contributed by atoms with van der Waals surface area (Å²) in [6.45, 7) is 1.43. The van der Waals surface area contributed by atoms with Crippen molar-refractivity contribution in [2.75, 3.05) is 20.6 Å². The third-order valence-corrected chi connectivity index (χ3v) is 4.34. The Morgan fingerprint density at radius 1 is 1.24 bits per heavy atom. The number of ether oxygens (including phenoxy) is 1. The third-order valence-electron chi connectivity index (χ3n) is 4.34. The number of fused-ring (bicyclic) bond motifs is 2. The van der Waals surface area contributed by atoms with Crippen LogP contribution in [0.2, 0.25) is 0 Å². The fraction of sp³-hybridized carbons (Fsp3) is 0.286. The van der Waals surface area contributed by atoms with Crippen molar-refractivity contribution >= 4 is 18.1 Å². The summed E-state index contributed by atoms with van der Waals surface area (Å²) in [5, 5.41) is 11.2. The van der Waals surface area contributed by atoms with Crippen LogP contribution in [0.5, 0.6) is 5.75 Å². The number of benzene rings is 2. The zero-order valence-corrected chi connectivity index (χ0v) is 14.7. The number of carboxylic acids is 1. The molecule has 25 heavy (non-hydrogen) atoms. The molecule has 0 aliphatic carbocycles. The average Bonchev–Trinajstić information content (AvgIpc) is 2.75. The molecule has 0 aromatic heterocycles. The van der Waals surface area contributed by atoms with E-state index in [1.807, 2.05) is 38.4 Å². The Kier molecular flexibility index (Phi) is 5.19.